The van der Waals surface area contributed by atoms with Crippen LogP contribution in [0.2, 0.25) is 0 Å². The summed E-state index contributed by atoms with van der Waals surface area (Å²) in [5, 5.41) is 2.79. The summed E-state index contributed by atoms with van der Waals surface area (Å²) in [5.74, 6) is -0.100. The third kappa shape index (κ3) is 5.30. The Morgan fingerprint density at radius 1 is 1.31 bits per heavy atom. The molecule has 2 N–H and O–H groups in total. The topological polar surface area (TPSA) is 102 Å². The van der Waals surface area contributed by atoms with Crippen LogP contribution in [0.3, 0.4) is 0 Å². The fraction of sp³-hybridized carbons (Fsp3) is 0.412. The van der Waals surface area contributed by atoms with Crippen molar-refractivity contribution < 1.29 is 17.9 Å². The number of imidazole rings is 1. The summed E-state index contributed by atoms with van der Waals surface area (Å²) < 4.78 is 34.5. The summed E-state index contributed by atoms with van der Waals surface area (Å²) in [6.45, 7) is 5.25. The molecule has 1 heterocycles. The second-order valence-electron chi connectivity index (χ2n) is 5.51. The lowest BCUT2D eigenvalue weighted by Gasteiger charge is -2.13. The third-order valence-corrected chi connectivity index (χ3v) is 5.13. The number of nitrogens with zero attached hydrogens (tertiary/aromatic N) is 2. The normalized spacial score (nSPS) is 11.3. The van der Waals surface area contributed by atoms with Crippen LogP contribution in [-0.2, 0) is 16.6 Å². The molecule has 0 saturated carbocycles. The van der Waals surface area contributed by atoms with Crippen molar-refractivity contribution in [1.29, 1.82) is 0 Å². The van der Waals surface area contributed by atoms with Crippen LogP contribution in [0.15, 0.2) is 41.8 Å². The number of nitrogens with one attached hydrogen (secondary N) is 2. The number of hydrogen-bond acceptors (Lipinski definition) is 5. The fourth-order valence-electron chi connectivity index (χ4n) is 2.39. The highest BCUT2D eigenvalue weighted by atomic mass is 32.2. The zero-order valence-electron chi connectivity index (χ0n) is 14.9. The molecular weight excluding hydrogens is 356 g/mol. The van der Waals surface area contributed by atoms with Crippen molar-refractivity contribution in [2.24, 2.45) is 0 Å². The minimum atomic E-state index is -3.74. The molecule has 0 radical (unpaired) electrons. The van der Waals surface area contributed by atoms with E-state index in [4.69, 9.17) is 4.74 Å². The molecule has 0 aliphatic heterocycles. The molecular formula is C17H24N4O4S. The van der Waals surface area contributed by atoms with Crippen LogP contribution < -0.4 is 14.8 Å². The Bertz CT molecular complexity index is 819. The van der Waals surface area contributed by atoms with E-state index in [0.29, 0.717) is 13.2 Å². The minimum Gasteiger partial charge on any atom is -0.492 e. The molecule has 2 aromatic rings. The molecule has 1 aromatic heterocycles. The highest BCUT2D eigenvalue weighted by molar-refractivity contribution is 7.89. The van der Waals surface area contributed by atoms with Gasteiger partial charge in [-0.05, 0) is 31.5 Å². The minimum absolute atomic E-state index is 0.0349. The molecule has 142 valence electrons. The van der Waals surface area contributed by atoms with Crippen molar-refractivity contribution in [3.05, 3.63) is 42.5 Å². The lowest BCUT2D eigenvalue weighted by atomic mass is 10.2. The molecule has 0 unspecified atom stereocenters. The van der Waals surface area contributed by atoms with E-state index >= 15 is 0 Å². The van der Waals surface area contributed by atoms with Gasteiger partial charge < -0.3 is 14.6 Å². The molecule has 9 heteroatoms. The molecule has 0 aliphatic rings. The molecule has 0 fully saturated rings. The maximum absolute atomic E-state index is 12.4. The van der Waals surface area contributed by atoms with Crippen molar-refractivity contribution in [3.63, 3.8) is 0 Å². The van der Waals surface area contributed by atoms with Crippen molar-refractivity contribution in [1.82, 2.24) is 19.6 Å². The molecule has 2 rings (SSSR count). The van der Waals surface area contributed by atoms with Crippen molar-refractivity contribution >= 4 is 15.9 Å². The first kappa shape index (κ1) is 19.9. The number of carbonyl (C=O) groups is 1. The van der Waals surface area contributed by atoms with Gasteiger partial charge in [0.05, 0.1) is 12.9 Å². The van der Waals surface area contributed by atoms with Gasteiger partial charge in [0.2, 0.25) is 10.0 Å². The first-order valence-electron chi connectivity index (χ1n) is 8.48. The smallest absolute Gasteiger partial charge is 0.251 e. The number of ether oxygens (including phenoxy) is 1. The predicted molar refractivity (Wildman–Crippen MR) is 97.7 cm³/mol. The SMILES string of the molecule is CCNS(=O)(=O)c1cc(C(=O)NCCCn2ccnc2)ccc1OCC. The van der Waals surface area contributed by atoms with Crippen molar-refractivity contribution in [2.75, 3.05) is 19.7 Å². The Balaban J connectivity index is 2.06. The van der Waals surface area contributed by atoms with Crippen molar-refractivity contribution in [2.45, 2.75) is 31.7 Å². The second-order valence-corrected chi connectivity index (χ2v) is 7.24. The average Bonchev–Trinajstić information content (AvgIpc) is 3.12. The summed E-state index contributed by atoms with van der Waals surface area (Å²) in [6.07, 6.45) is 6.00. The summed E-state index contributed by atoms with van der Waals surface area (Å²) in [4.78, 5) is 16.2. The first-order valence-corrected chi connectivity index (χ1v) is 9.96. The fourth-order valence-corrected chi connectivity index (χ4v) is 3.60. The number of aryl methyl sites for hydroxylation is 1. The predicted octanol–water partition coefficient (Wildman–Crippen LogP) is 1.40. The van der Waals surface area contributed by atoms with Crippen LogP contribution in [0.4, 0.5) is 0 Å². The van der Waals surface area contributed by atoms with Gasteiger partial charge in [0, 0.05) is 37.6 Å². The number of rotatable bonds is 10. The standard InChI is InChI=1S/C17H24N4O4S/c1-3-20-26(23,24)16-12-14(6-7-15(16)25-4-2)17(22)19-8-5-10-21-11-9-18-13-21/h6-7,9,11-13,20H,3-5,8,10H2,1-2H3,(H,19,22). The van der Waals surface area contributed by atoms with E-state index < -0.39 is 10.0 Å². The molecule has 0 spiro atoms. The lowest BCUT2D eigenvalue weighted by molar-refractivity contribution is 0.0952. The van der Waals surface area contributed by atoms with Gasteiger partial charge in [0.25, 0.3) is 5.91 Å². The molecule has 8 nitrogen and oxygen atoms in total. The Labute approximate surface area is 153 Å². The zero-order valence-corrected chi connectivity index (χ0v) is 15.8. The zero-order chi connectivity index (χ0) is 19.0. The number of benzene rings is 1. The van der Waals surface area contributed by atoms with Crippen LogP contribution in [0.1, 0.15) is 30.6 Å². The van der Waals surface area contributed by atoms with Crippen LogP contribution in [0.25, 0.3) is 0 Å². The van der Waals surface area contributed by atoms with E-state index in [1.54, 1.807) is 32.4 Å². The van der Waals surface area contributed by atoms with Crippen LogP contribution in [-0.4, -0.2) is 43.6 Å². The highest BCUT2D eigenvalue weighted by Crippen LogP contribution is 2.25. The maximum atomic E-state index is 12.4. The van der Waals surface area contributed by atoms with Gasteiger partial charge in [-0.1, -0.05) is 6.92 Å². The molecule has 1 aromatic carbocycles. The summed E-state index contributed by atoms with van der Waals surface area (Å²) in [7, 11) is -3.74. The van der Waals surface area contributed by atoms with Crippen LogP contribution >= 0.6 is 0 Å². The van der Waals surface area contributed by atoms with E-state index in [9.17, 15) is 13.2 Å². The van der Waals surface area contributed by atoms with Gasteiger partial charge in [0.15, 0.2) is 0 Å². The molecule has 0 saturated heterocycles. The largest absolute Gasteiger partial charge is 0.492 e. The highest BCUT2D eigenvalue weighted by Gasteiger charge is 2.21. The number of carbonyl (C=O) groups excluding carboxylic acids is 1. The van der Waals surface area contributed by atoms with Crippen molar-refractivity contribution in [3.8, 4) is 5.75 Å². The number of aromatic nitrogens is 2. The summed E-state index contributed by atoms with van der Waals surface area (Å²) >= 11 is 0. The van der Waals surface area contributed by atoms with Gasteiger partial charge in [-0.15, -0.1) is 0 Å². The van der Waals surface area contributed by atoms with E-state index in [0.717, 1.165) is 13.0 Å². The Morgan fingerprint density at radius 3 is 2.77 bits per heavy atom. The van der Waals surface area contributed by atoms with E-state index in [2.05, 4.69) is 15.0 Å². The number of hydrogen-bond donors (Lipinski definition) is 2. The summed E-state index contributed by atoms with van der Waals surface area (Å²) in [6, 6.07) is 4.41. The number of sulfonamides is 1. The summed E-state index contributed by atoms with van der Waals surface area (Å²) in [5.41, 5.74) is 0.271. The monoisotopic (exact) mass is 380 g/mol. The third-order valence-electron chi connectivity index (χ3n) is 3.57. The Morgan fingerprint density at radius 2 is 2.12 bits per heavy atom. The van der Waals surface area contributed by atoms with Gasteiger partial charge in [0.1, 0.15) is 10.6 Å². The quantitative estimate of drug-likeness (QED) is 0.607. The second kappa shape index (κ2) is 9.35. The maximum Gasteiger partial charge on any atom is 0.251 e. The van der Waals surface area contributed by atoms with Gasteiger partial charge >= 0.3 is 0 Å². The van der Waals surface area contributed by atoms with Crippen LogP contribution in [0.5, 0.6) is 5.75 Å². The molecule has 0 bridgehead atoms. The van der Waals surface area contributed by atoms with Gasteiger partial charge in [-0.25, -0.2) is 18.1 Å². The first-order chi connectivity index (χ1) is 12.5. The van der Waals surface area contributed by atoms with E-state index in [1.807, 2.05) is 10.8 Å². The average molecular weight is 380 g/mol. The van der Waals surface area contributed by atoms with Gasteiger partial charge in [-0.2, -0.15) is 0 Å². The number of amides is 1. The molecule has 26 heavy (non-hydrogen) atoms. The Hall–Kier alpha value is -2.39. The molecule has 0 aliphatic carbocycles. The molecule has 0 atom stereocenters. The Kier molecular flexibility index (Phi) is 7.16. The lowest BCUT2D eigenvalue weighted by Crippen LogP contribution is -2.27. The van der Waals surface area contributed by atoms with E-state index in [1.165, 1.54) is 12.1 Å². The van der Waals surface area contributed by atoms with E-state index in [-0.39, 0.29) is 28.7 Å². The molecule has 1 amide bonds. The van der Waals surface area contributed by atoms with Gasteiger partial charge in [-0.3, -0.25) is 4.79 Å². The van der Waals surface area contributed by atoms with Crippen LogP contribution in [0, 0.1) is 0 Å².